The van der Waals surface area contributed by atoms with Crippen molar-refractivity contribution in [3.63, 3.8) is 0 Å². The number of fused-ring (bicyclic) bond motifs is 1. The zero-order valence-electron chi connectivity index (χ0n) is 10.9. The van der Waals surface area contributed by atoms with Crippen LogP contribution in [0, 0.1) is 0 Å². The van der Waals surface area contributed by atoms with Gasteiger partial charge in [0, 0.05) is 5.56 Å². The van der Waals surface area contributed by atoms with Crippen LogP contribution in [-0.4, -0.2) is 19.2 Å². The molecule has 1 aliphatic rings. The number of hydrogen-bond acceptors (Lipinski definition) is 4. The number of benzene rings is 2. The molecule has 0 bridgehead atoms. The van der Waals surface area contributed by atoms with Crippen LogP contribution < -0.4 is 9.47 Å². The minimum Gasteiger partial charge on any atom is -0.454 e. The Balaban J connectivity index is 1.54. The highest BCUT2D eigenvalue weighted by Gasteiger charge is 2.13. The van der Waals surface area contributed by atoms with E-state index in [0.29, 0.717) is 12.2 Å². The summed E-state index contributed by atoms with van der Waals surface area (Å²) in [5.74, 6) is 1.45. The topological polar surface area (TPSA) is 44.8 Å². The normalized spacial score (nSPS) is 12.4. The molecule has 0 saturated carbocycles. The van der Waals surface area contributed by atoms with Gasteiger partial charge in [0.1, 0.15) is 6.61 Å². The van der Waals surface area contributed by atoms with Gasteiger partial charge in [0.25, 0.3) is 0 Å². The Bertz CT molecular complexity index is 607. The van der Waals surface area contributed by atoms with Crippen molar-refractivity contribution in [2.45, 2.75) is 6.61 Å². The van der Waals surface area contributed by atoms with E-state index in [0.717, 1.165) is 17.1 Å². The summed E-state index contributed by atoms with van der Waals surface area (Å²) in [6.45, 7) is 0.694. The summed E-state index contributed by atoms with van der Waals surface area (Å²) in [4.78, 5) is 11.9. The van der Waals surface area contributed by atoms with E-state index in [1.54, 1.807) is 12.1 Å². The predicted molar refractivity (Wildman–Crippen MR) is 73.0 cm³/mol. The van der Waals surface area contributed by atoms with E-state index in [1.165, 1.54) is 0 Å². The molecule has 0 atom stereocenters. The minimum atomic E-state index is -0.0219. The lowest BCUT2D eigenvalue weighted by Crippen LogP contribution is -2.08. The van der Waals surface area contributed by atoms with Gasteiger partial charge in [-0.3, -0.25) is 4.79 Å². The smallest absolute Gasteiger partial charge is 0.231 e. The van der Waals surface area contributed by atoms with Gasteiger partial charge in [-0.25, -0.2) is 0 Å². The van der Waals surface area contributed by atoms with E-state index in [2.05, 4.69) is 0 Å². The van der Waals surface area contributed by atoms with Crippen molar-refractivity contribution in [2.24, 2.45) is 0 Å². The maximum atomic E-state index is 11.9. The molecule has 0 N–H and O–H groups in total. The highest BCUT2D eigenvalue weighted by atomic mass is 16.7. The van der Waals surface area contributed by atoms with E-state index in [9.17, 15) is 4.79 Å². The van der Waals surface area contributed by atoms with Gasteiger partial charge in [-0.2, -0.15) is 0 Å². The Morgan fingerprint density at radius 1 is 1.05 bits per heavy atom. The fourth-order valence-electron chi connectivity index (χ4n) is 2.00. The molecule has 0 unspecified atom stereocenters. The van der Waals surface area contributed by atoms with Crippen LogP contribution in [0.5, 0.6) is 11.5 Å². The van der Waals surface area contributed by atoms with Crippen molar-refractivity contribution in [3.05, 3.63) is 59.7 Å². The number of ketones is 1. The molecule has 1 heterocycles. The fraction of sp³-hybridized carbons (Fsp3) is 0.188. The van der Waals surface area contributed by atoms with E-state index >= 15 is 0 Å². The summed E-state index contributed by atoms with van der Waals surface area (Å²) in [6.07, 6.45) is 0. The van der Waals surface area contributed by atoms with Gasteiger partial charge < -0.3 is 14.2 Å². The summed E-state index contributed by atoms with van der Waals surface area (Å²) < 4.78 is 16.0. The number of ether oxygens (including phenoxy) is 3. The first-order valence-electron chi connectivity index (χ1n) is 6.37. The minimum absolute atomic E-state index is 0.0219. The van der Waals surface area contributed by atoms with Gasteiger partial charge in [-0.15, -0.1) is 0 Å². The second-order valence-electron chi connectivity index (χ2n) is 4.47. The maximum absolute atomic E-state index is 11.9. The van der Waals surface area contributed by atoms with Gasteiger partial charge in [0.15, 0.2) is 17.3 Å². The number of Topliss-reactive ketones (excluding diaryl/α,β-unsaturated/α-hetero) is 1. The summed E-state index contributed by atoms with van der Waals surface area (Å²) >= 11 is 0. The molecule has 2 aromatic carbocycles. The highest BCUT2D eigenvalue weighted by molar-refractivity contribution is 5.96. The third-order valence-corrected chi connectivity index (χ3v) is 3.03. The molecule has 3 rings (SSSR count). The van der Waals surface area contributed by atoms with Crippen LogP contribution in [0.3, 0.4) is 0 Å². The van der Waals surface area contributed by atoms with Crippen LogP contribution >= 0.6 is 0 Å². The largest absolute Gasteiger partial charge is 0.454 e. The molecule has 0 aromatic heterocycles. The SMILES string of the molecule is O=C(COCc1ccc2c(c1)OCO2)c1ccccc1. The molecule has 102 valence electrons. The summed E-state index contributed by atoms with van der Waals surface area (Å²) in [5.41, 5.74) is 1.62. The Labute approximate surface area is 116 Å². The van der Waals surface area contributed by atoms with E-state index in [4.69, 9.17) is 14.2 Å². The molecule has 0 radical (unpaired) electrons. The van der Waals surface area contributed by atoms with Crippen molar-refractivity contribution in [1.29, 1.82) is 0 Å². The van der Waals surface area contributed by atoms with Crippen LogP contribution in [0.2, 0.25) is 0 Å². The van der Waals surface area contributed by atoms with Crippen LogP contribution in [-0.2, 0) is 11.3 Å². The second-order valence-corrected chi connectivity index (χ2v) is 4.47. The van der Waals surface area contributed by atoms with Crippen molar-refractivity contribution in [1.82, 2.24) is 0 Å². The van der Waals surface area contributed by atoms with Crippen molar-refractivity contribution in [2.75, 3.05) is 13.4 Å². The highest BCUT2D eigenvalue weighted by Crippen LogP contribution is 2.32. The molecule has 4 heteroatoms. The molecule has 20 heavy (non-hydrogen) atoms. The van der Waals surface area contributed by atoms with Crippen LogP contribution in [0.1, 0.15) is 15.9 Å². The molecule has 0 amide bonds. The van der Waals surface area contributed by atoms with Crippen molar-refractivity contribution in [3.8, 4) is 11.5 Å². The monoisotopic (exact) mass is 270 g/mol. The quantitative estimate of drug-likeness (QED) is 0.784. The number of hydrogen-bond donors (Lipinski definition) is 0. The lowest BCUT2D eigenvalue weighted by molar-refractivity contribution is 0.0726. The van der Waals surface area contributed by atoms with Gasteiger partial charge in [0.2, 0.25) is 6.79 Å². The molecular formula is C16H14O4. The third-order valence-electron chi connectivity index (χ3n) is 3.03. The van der Waals surface area contributed by atoms with Crippen molar-refractivity contribution >= 4 is 5.78 Å². The number of carbonyl (C=O) groups is 1. The standard InChI is InChI=1S/C16H14O4/c17-14(13-4-2-1-3-5-13)10-18-9-12-6-7-15-16(8-12)20-11-19-15/h1-8H,9-11H2. The fourth-order valence-corrected chi connectivity index (χ4v) is 2.00. The summed E-state index contributed by atoms with van der Waals surface area (Å²) in [6, 6.07) is 14.7. The van der Waals surface area contributed by atoms with Crippen LogP contribution in [0.15, 0.2) is 48.5 Å². The molecule has 0 aliphatic carbocycles. The van der Waals surface area contributed by atoms with E-state index in [1.807, 2.05) is 36.4 Å². The molecular weight excluding hydrogens is 256 g/mol. The van der Waals surface area contributed by atoms with Crippen LogP contribution in [0.25, 0.3) is 0 Å². The Morgan fingerprint density at radius 3 is 2.70 bits per heavy atom. The van der Waals surface area contributed by atoms with Gasteiger partial charge >= 0.3 is 0 Å². The lowest BCUT2D eigenvalue weighted by Gasteiger charge is -2.05. The molecule has 1 aliphatic heterocycles. The second kappa shape index (κ2) is 5.75. The molecule has 2 aromatic rings. The van der Waals surface area contributed by atoms with E-state index in [-0.39, 0.29) is 19.2 Å². The van der Waals surface area contributed by atoms with Crippen molar-refractivity contribution < 1.29 is 19.0 Å². The molecule has 0 spiro atoms. The van der Waals surface area contributed by atoms with Gasteiger partial charge in [0.05, 0.1) is 6.61 Å². The molecule has 0 saturated heterocycles. The Morgan fingerprint density at radius 2 is 1.85 bits per heavy atom. The average molecular weight is 270 g/mol. The third kappa shape index (κ3) is 2.81. The number of carbonyl (C=O) groups excluding carboxylic acids is 1. The zero-order valence-corrected chi connectivity index (χ0v) is 10.9. The predicted octanol–water partition coefficient (Wildman–Crippen LogP) is 2.81. The van der Waals surface area contributed by atoms with E-state index < -0.39 is 0 Å². The Kier molecular flexibility index (Phi) is 3.65. The van der Waals surface area contributed by atoms with Crippen LogP contribution in [0.4, 0.5) is 0 Å². The maximum Gasteiger partial charge on any atom is 0.231 e. The van der Waals surface area contributed by atoms with Gasteiger partial charge in [-0.05, 0) is 17.7 Å². The number of rotatable bonds is 5. The average Bonchev–Trinajstić information content (AvgIpc) is 2.95. The first-order chi connectivity index (χ1) is 9.83. The molecule has 4 nitrogen and oxygen atoms in total. The summed E-state index contributed by atoms with van der Waals surface area (Å²) in [5, 5.41) is 0. The molecule has 0 fully saturated rings. The lowest BCUT2D eigenvalue weighted by atomic mass is 10.1. The van der Waals surface area contributed by atoms with Gasteiger partial charge in [-0.1, -0.05) is 36.4 Å². The Hall–Kier alpha value is -2.33. The first-order valence-corrected chi connectivity index (χ1v) is 6.37. The first kappa shape index (κ1) is 12.7. The summed E-state index contributed by atoms with van der Waals surface area (Å²) in [7, 11) is 0. The zero-order chi connectivity index (χ0) is 13.8.